The lowest BCUT2D eigenvalue weighted by atomic mass is 10.1. The summed E-state index contributed by atoms with van der Waals surface area (Å²) in [6, 6.07) is 12.8. The monoisotopic (exact) mass is 353 g/mol. The molecule has 1 amide bonds. The number of rotatable bonds is 6. The van der Waals surface area contributed by atoms with Gasteiger partial charge >= 0.3 is 0 Å². The van der Waals surface area contributed by atoms with E-state index in [9.17, 15) is 20.2 Å². The van der Waals surface area contributed by atoms with Crippen LogP contribution in [-0.2, 0) is 4.79 Å². The minimum Gasteiger partial charge on any atom is -0.493 e. The number of anilines is 1. The molecule has 0 atom stereocenters. The summed E-state index contributed by atoms with van der Waals surface area (Å²) in [5, 5.41) is 23.2. The molecule has 0 radical (unpaired) electrons. The van der Waals surface area contributed by atoms with Crippen molar-refractivity contribution in [2.24, 2.45) is 0 Å². The standard InChI is InChI=1S/C18H15N3O5/c1-25-16-9-12(15(21(23)24)10-17(16)26-2)8-13(11-19)18(22)20-14-6-4-3-5-7-14/h3-10H,1-2H3,(H,20,22)/b13-8+. The maximum absolute atomic E-state index is 12.3. The van der Waals surface area contributed by atoms with Crippen molar-refractivity contribution in [3.8, 4) is 17.6 Å². The Morgan fingerprint density at radius 1 is 1.19 bits per heavy atom. The van der Waals surface area contributed by atoms with Crippen LogP contribution >= 0.6 is 0 Å². The van der Waals surface area contributed by atoms with Crippen LogP contribution in [0.1, 0.15) is 5.56 Å². The number of ether oxygens (including phenoxy) is 2. The second-order valence-electron chi connectivity index (χ2n) is 5.01. The molecule has 0 saturated heterocycles. The van der Waals surface area contributed by atoms with Crippen LogP contribution in [0.4, 0.5) is 11.4 Å². The number of carbonyl (C=O) groups is 1. The number of hydrogen-bond acceptors (Lipinski definition) is 6. The van der Waals surface area contributed by atoms with Gasteiger partial charge in [0.25, 0.3) is 11.6 Å². The molecule has 0 aliphatic heterocycles. The largest absolute Gasteiger partial charge is 0.493 e. The first-order valence-corrected chi connectivity index (χ1v) is 7.38. The van der Waals surface area contributed by atoms with Gasteiger partial charge in [0.15, 0.2) is 11.5 Å². The number of benzene rings is 2. The van der Waals surface area contributed by atoms with Crippen molar-refractivity contribution in [1.29, 1.82) is 5.26 Å². The van der Waals surface area contributed by atoms with E-state index < -0.39 is 10.8 Å². The number of methoxy groups -OCH3 is 2. The molecule has 0 saturated carbocycles. The Labute approximate surface area is 149 Å². The minimum absolute atomic E-state index is 0.0485. The van der Waals surface area contributed by atoms with Gasteiger partial charge < -0.3 is 14.8 Å². The van der Waals surface area contributed by atoms with Crippen LogP contribution in [0, 0.1) is 21.4 Å². The van der Waals surface area contributed by atoms with Crippen molar-refractivity contribution in [2.45, 2.75) is 0 Å². The second-order valence-corrected chi connectivity index (χ2v) is 5.01. The first-order valence-electron chi connectivity index (χ1n) is 7.38. The first-order chi connectivity index (χ1) is 12.5. The number of hydrogen-bond donors (Lipinski definition) is 1. The van der Waals surface area contributed by atoms with Gasteiger partial charge in [-0.15, -0.1) is 0 Å². The van der Waals surface area contributed by atoms with E-state index in [0.717, 1.165) is 6.08 Å². The Morgan fingerprint density at radius 3 is 2.35 bits per heavy atom. The predicted octanol–water partition coefficient (Wildman–Crippen LogP) is 3.16. The molecule has 0 unspecified atom stereocenters. The third-order valence-corrected chi connectivity index (χ3v) is 3.43. The lowest BCUT2D eigenvalue weighted by Crippen LogP contribution is -2.13. The zero-order valence-corrected chi connectivity index (χ0v) is 14.1. The number of nitriles is 1. The summed E-state index contributed by atoms with van der Waals surface area (Å²) in [7, 11) is 2.73. The average Bonchev–Trinajstić information content (AvgIpc) is 2.65. The Hall–Kier alpha value is -3.86. The summed E-state index contributed by atoms with van der Waals surface area (Å²) in [4.78, 5) is 23.0. The van der Waals surface area contributed by atoms with E-state index >= 15 is 0 Å². The highest BCUT2D eigenvalue weighted by molar-refractivity contribution is 6.10. The fourth-order valence-electron chi connectivity index (χ4n) is 2.18. The fourth-order valence-corrected chi connectivity index (χ4v) is 2.18. The summed E-state index contributed by atoms with van der Waals surface area (Å²) in [5.41, 5.74) is -0.0556. The molecule has 2 aromatic rings. The van der Waals surface area contributed by atoms with E-state index in [1.165, 1.54) is 26.4 Å². The van der Waals surface area contributed by atoms with Crippen LogP contribution in [-0.4, -0.2) is 25.1 Å². The number of para-hydroxylation sites is 1. The highest BCUT2D eigenvalue weighted by Crippen LogP contribution is 2.35. The summed E-state index contributed by atoms with van der Waals surface area (Å²) < 4.78 is 10.2. The van der Waals surface area contributed by atoms with Crippen molar-refractivity contribution in [2.75, 3.05) is 19.5 Å². The van der Waals surface area contributed by atoms with E-state index in [1.807, 2.05) is 0 Å². The van der Waals surface area contributed by atoms with Crippen molar-refractivity contribution in [3.05, 3.63) is 63.7 Å². The number of amides is 1. The highest BCUT2D eigenvalue weighted by Gasteiger charge is 2.20. The molecule has 0 spiro atoms. The van der Waals surface area contributed by atoms with Crippen molar-refractivity contribution in [1.82, 2.24) is 0 Å². The van der Waals surface area contributed by atoms with Crippen molar-refractivity contribution in [3.63, 3.8) is 0 Å². The third kappa shape index (κ3) is 4.15. The smallest absolute Gasteiger partial charge is 0.280 e. The SMILES string of the molecule is COc1cc(/C=C(\C#N)C(=O)Nc2ccccc2)c([N+](=O)[O-])cc1OC. The summed E-state index contributed by atoms with van der Waals surface area (Å²) in [6.07, 6.45) is 1.14. The zero-order valence-electron chi connectivity index (χ0n) is 14.1. The first kappa shape index (κ1) is 18.5. The minimum atomic E-state index is -0.678. The molecule has 26 heavy (non-hydrogen) atoms. The average molecular weight is 353 g/mol. The van der Waals surface area contributed by atoms with Gasteiger partial charge in [-0.3, -0.25) is 14.9 Å². The molecule has 0 aromatic heterocycles. The normalized spacial score (nSPS) is 10.6. The lowest BCUT2D eigenvalue weighted by molar-refractivity contribution is -0.385. The fraction of sp³-hybridized carbons (Fsp3) is 0.111. The van der Waals surface area contributed by atoms with Gasteiger partial charge in [0.05, 0.1) is 30.8 Å². The van der Waals surface area contributed by atoms with Gasteiger partial charge in [-0.05, 0) is 24.3 Å². The summed E-state index contributed by atoms with van der Waals surface area (Å²) in [5.74, 6) is -0.267. The molecule has 0 bridgehead atoms. The molecule has 1 N–H and O–H groups in total. The molecular weight excluding hydrogens is 338 g/mol. The number of nitrogens with zero attached hydrogens (tertiary/aromatic N) is 2. The van der Waals surface area contributed by atoms with Gasteiger partial charge in [0.1, 0.15) is 11.6 Å². The van der Waals surface area contributed by atoms with Crippen molar-refractivity contribution < 1.29 is 19.2 Å². The highest BCUT2D eigenvalue weighted by atomic mass is 16.6. The molecular formula is C18H15N3O5. The number of nitrogens with one attached hydrogen (secondary N) is 1. The maximum Gasteiger partial charge on any atom is 0.280 e. The molecule has 8 heteroatoms. The summed E-state index contributed by atoms with van der Waals surface area (Å²) >= 11 is 0. The molecule has 0 heterocycles. The van der Waals surface area contributed by atoms with E-state index in [-0.39, 0.29) is 28.3 Å². The number of nitro groups is 1. The van der Waals surface area contributed by atoms with Crippen LogP contribution < -0.4 is 14.8 Å². The number of nitro benzene ring substituents is 1. The Bertz CT molecular complexity index is 901. The third-order valence-electron chi connectivity index (χ3n) is 3.43. The molecule has 0 aliphatic carbocycles. The zero-order chi connectivity index (χ0) is 19.1. The van der Waals surface area contributed by atoms with Gasteiger partial charge in [-0.1, -0.05) is 18.2 Å². The molecule has 8 nitrogen and oxygen atoms in total. The summed E-state index contributed by atoms with van der Waals surface area (Å²) in [6.45, 7) is 0. The van der Waals surface area contributed by atoms with Crippen LogP contribution in [0.15, 0.2) is 48.0 Å². The van der Waals surface area contributed by atoms with Crippen LogP contribution in [0.2, 0.25) is 0 Å². The van der Waals surface area contributed by atoms with E-state index in [1.54, 1.807) is 36.4 Å². The van der Waals surface area contributed by atoms with Gasteiger partial charge in [0, 0.05) is 5.69 Å². The molecule has 132 valence electrons. The van der Waals surface area contributed by atoms with E-state index in [0.29, 0.717) is 5.69 Å². The molecule has 2 rings (SSSR count). The van der Waals surface area contributed by atoms with Crippen LogP contribution in [0.5, 0.6) is 11.5 Å². The predicted molar refractivity (Wildman–Crippen MR) is 94.9 cm³/mol. The Balaban J connectivity index is 2.46. The van der Waals surface area contributed by atoms with Gasteiger partial charge in [-0.25, -0.2) is 0 Å². The van der Waals surface area contributed by atoms with Gasteiger partial charge in [-0.2, -0.15) is 5.26 Å². The van der Waals surface area contributed by atoms with Gasteiger partial charge in [0.2, 0.25) is 0 Å². The lowest BCUT2D eigenvalue weighted by Gasteiger charge is -2.09. The van der Waals surface area contributed by atoms with Crippen LogP contribution in [0.3, 0.4) is 0 Å². The topological polar surface area (TPSA) is 114 Å². The molecule has 0 fully saturated rings. The molecule has 2 aromatic carbocycles. The Morgan fingerprint density at radius 2 is 1.81 bits per heavy atom. The quantitative estimate of drug-likeness (QED) is 0.369. The molecule has 0 aliphatic rings. The van der Waals surface area contributed by atoms with E-state index in [2.05, 4.69) is 5.32 Å². The van der Waals surface area contributed by atoms with Crippen molar-refractivity contribution >= 4 is 23.4 Å². The van der Waals surface area contributed by atoms with E-state index in [4.69, 9.17) is 9.47 Å². The second kappa shape index (κ2) is 8.30. The van der Waals surface area contributed by atoms with Crippen LogP contribution in [0.25, 0.3) is 6.08 Å². The number of carbonyl (C=O) groups excluding carboxylic acids is 1. The maximum atomic E-state index is 12.3. The Kier molecular flexibility index (Phi) is 5.90.